The minimum absolute atomic E-state index is 0.173. The zero-order chi connectivity index (χ0) is 9.14. The molecule has 0 bridgehead atoms. The van der Waals surface area contributed by atoms with Crippen LogP contribution in [-0.2, 0) is 14.4 Å². The summed E-state index contributed by atoms with van der Waals surface area (Å²) < 4.78 is 0. The van der Waals surface area contributed by atoms with Crippen molar-refractivity contribution in [1.82, 2.24) is 4.90 Å². The highest BCUT2D eigenvalue weighted by atomic mass is 79.9. The smallest absolute Gasteiger partial charge is 0.236 e. The summed E-state index contributed by atoms with van der Waals surface area (Å²) in [5.41, 5.74) is 0. The second-order valence-electron chi connectivity index (χ2n) is 2.46. The molecule has 1 aliphatic heterocycles. The summed E-state index contributed by atoms with van der Waals surface area (Å²) in [6.45, 7) is 0. The fourth-order valence-electron chi connectivity index (χ4n) is 1.05. The normalized spacial score (nSPS) is 17.2. The molecule has 1 aliphatic rings. The topological polar surface area (TPSA) is 54.5 Å². The van der Waals surface area contributed by atoms with Crippen LogP contribution in [-0.4, -0.2) is 28.0 Å². The van der Waals surface area contributed by atoms with Crippen LogP contribution in [0.1, 0.15) is 19.3 Å². The number of nitrogens with zero attached hydrogens (tertiary/aromatic N) is 1. The molecule has 1 saturated heterocycles. The van der Waals surface area contributed by atoms with E-state index in [1.165, 1.54) is 0 Å². The van der Waals surface area contributed by atoms with Crippen molar-refractivity contribution < 1.29 is 14.4 Å². The molecule has 0 saturated carbocycles. The van der Waals surface area contributed by atoms with Crippen molar-refractivity contribution in [1.29, 1.82) is 0 Å². The first kappa shape index (κ1) is 9.38. The molecule has 1 fully saturated rings. The van der Waals surface area contributed by atoms with Crippen LogP contribution in [0.2, 0.25) is 0 Å². The molecule has 0 aromatic rings. The Kier molecular flexibility index (Phi) is 2.97. The van der Waals surface area contributed by atoms with Gasteiger partial charge in [-0.25, -0.2) is 4.90 Å². The second-order valence-corrected chi connectivity index (χ2v) is 3.25. The standard InChI is InChI=1S/C7H8BrNO3/c8-4-3-7(12)9-5(10)1-2-6(9)11/h1-4H2. The highest BCUT2D eigenvalue weighted by Gasteiger charge is 2.33. The van der Waals surface area contributed by atoms with Gasteiger partial charge in [-0.15, -0.1) is 0 Å². The van der Waals surface area contributed by atoms with Crippen LogP contribution in [0.4, 0.5) is 0 Å². The number of hydrogen-bond acceptors (Lipinski definition) is 3. The number of alkyl halides is 1. The number of amides is 3. The van der Waals surface area contributed by atoms with E-state index in [1.807, 2.05) is 0 Å². The molecular weight excluding hydrogens is 226 g/mol. The molecule has 0 spiro atoms. The average Bonchev–Trinajstić information content (AvgIpc) is 2.32. The number of likely N-dealkylation sites (tertiary alicyclic amines) is 1. The van der Waals surface area contributed by atoms with Gasteiger partial charge >= 0.3 is 0 Å². The van der Waals surface area contributed by atoms with E-state index in [0.29, 0.717) is 5.33 Å². The van der Waals surface area contributed by atoms with Gasteiger partial charge in [0.05, 0.1) is 0 Å². The molecule has 0 unspecified atom stereocenters. The molecule has 66 valence electrons. The minimum atomic E-state index is -0.403. The predicted octanol–water partition coefficient (Wildman–Crippen LogP) is 0.447. The molecule has 0 radical (unpaired) electrons. The van der Waals surface area contributed by atoms with E-state index in [-0.39, 0.29) is 31.1 Å². The quantitative estimate of drug-likeness (QED) is 0.514. The van der Waals surface area contributed by atoms with Gasteiger partial charge in [0.1, 0.15) is 0 Å². The summed E-state index contributed by atoms with van der Waals surface area (Å²) in [4.78, 5) is 33.8. The molecule has 4 nitrogen and oxygen atoms in total. The van der Waals surface area contributed by atoms with Crippen LogP contribution in [0.3, 0.4) is 0 Å². The van der Waals surface area contributed by atoms with Gasteiger partial charge in [0.15, 0.2) is 0 Å². The first-order valence-corrected chi connectivity index (χ1v) is 4.73. The molecule has 1 heterocycles. The van der Waals surface area contributed by atoms with E-state index in [0.717, 1.165) is 4.90 Å². The summed E-state index contributed by atoms with van der Waals surface area (Å²) in [6, 6.07) is 0. The number of rotatable bonds is 2. The summed E-state index contributed by atoms with van der Waals surface area (Å²) in [7, 11) is 0. The van der Waals surface area contributed by atoms with Gasteiger partial charge in [-0.3, -0.25) is 14.4 Å². The maximum Gasteiger partial charge on any atom is 0.236 e. The first-order chi connectivity index (χ1) is 5.66. The molecule has 12 heavy (non-hydrogen) atoms. The monoisotopic (exact) mass is 233 g/mol. The van der Waals surface area contributed by atoms with Gasteiger partial charge in [0.2, 0.25) is 17.7 Å². The Hall–Kier alpha value is -0.710. The molecule has 0 N–H and O–H groups in total. The van der Waals surface area contributed by atoms with Crippen molar-refractivity contribution in [2.75, 3.05) is 5.33 Å². The molecular formula is C7H8BrNO3. The summed E-state index contributed by atoms with van der Waals surface area (Å²) in [6.07, 6.45) is 0.539. The van der Waals surface area contributed by atoms with Gasteiger partial charge in [0, 0.05) is 24.6 Å². The maximum atomic E-state index is 11.1. The van der Waals surface area contributed by atoms with E-state index >= 15 is 0 Å². The number of hydrogen-bond donors (Lipinski definition) is 0. The minimum Gasteiger partial charge on any atom is -0.274 e. The lowest BCUT2D eigenvalue weighted by molar-refractivity contribution is -0.149. The molecule has 0 aromatic heterocycles. The van der Waals surface area contributed by atoms with E-state index in [2.05, 4.69) is 15.9 Å². The van der Waals surface area contributed by atoms with Crippen LogP contribution >= 0.6 is 15.9 Å². The Bertz CT molecular complexity index is 223. The van der Waals surface area contributed by atoms with Crippen molar-refractivity contribution in [2.45, 2.75) is 19.3 Å². The Morgan fingerprint density at radius 3 is 2.25 bits per heavy atom. The number of carbonyl (C=O) groups is 3. The highest BCUT2D eigenvalue weighted by Crippen LogP contribution is 2.13. The van der Waals surface area contributed by atoms with E-state index in [9.17, 15) is 14.4 Å². The average molecular weight is 234 g/mol. The third kappa shape index (κ3) is 1.72. The van der Waals surface area contributed by atoms with Gasteiger partial charge in [-0.05, 0) is 0 Å². The van der Waals surface area contributed by atoms with Crippen molar-refractivity contribution in [3.63, 3.8) is 0 Å². The SMILES string of the molecule is O=C(CCBr)N1C(=O)CCC1=O. The molecule has 3 amide bonds. The number of halogens is 1. The summed E-state index contributed by atoms with van der Waals surface area (Å²) in [5, 5.41) is 0.475. The first-order valence-electron chi connectivity index (χ1n) is 3.61. The van der Waals surface area contributed by atoms with Crippen LogP contribution < -0.4 is 0 Å². The van der Waals surface area contributed by atoms with Gasteiger partial charge in [-0.2, -0.15) is 0 Å². The zero-order valence-corrected chi connectivity index (χ0v) is 7.96. The molecule has 1 rings (SSSR count). The second kappa shape index (κ2) is 3.80. The lowest BCUT2D eigenvalue weighted by Crippen LogP contribution is -2.35. The Labute approximate surface area is 78.0 Å². The van der Waals surface area contributed by atoms with Crippen molar-refractivity contribution in [2.24, 2.45) is 0 Å². The van der Waals surface area contributed by atoms with Crippen molar-refractivity contribution in [3.05, 3.63) is 0 Å². The van der Waals surface area contributed by atoms with Crippen LogP contribution in [0, 0.1) is 0 Å². The van der Waals surface area contributed by atoms with Gasteiger partial charge in [0.25, 0.3) is 0 Å². The Morgan fingerprint density at radius 1 is 1.33 bits per heavy atom. The molecule has 0 aliphatic carbocycles. The summed E-state index contributed by atoms with van der Waals surface area (Å²) >= 11 is 3.07. The number of imide groups is 3. The highest BCUT2D eigenvalue weighted by molar-refractivity contribution is 9.09. The Morgan fingerprint density at radius 2 is 1.83 bits per heavy atom. The maximum absolute atomic E-state index is 11.1. The van der Waals surface area contributed by atoms with Gasteiger partial charge in [-0.1, -0.05) is 15.9 Å². The van der Waals surface area contributed by atoms with Crippen LogP contribution in [0.5, 0.6) is 0 Å². The molecule has 0 aromatic carbocycles. The van der Waals surface area contributed by atoms with E-state index in [1.54, 1.807) is 0 Å². The summed E-state index contributed by atoms with van der Waals surface area (Å²) in [5.74, 6) is -1.14. The molecule has 5 heteroatoms. The van der Waals surface area contributed by atoms with Crippen molar-refractivity contribution >= 4 is 33.7 Å². The third-order valence-corrected chi connectivity index (χ3v) is 2.01. The van der Waals surface area contributed by atoms with Crippen LogP contribution in [0.25, 0.3) is 0 Å². The fourth-order valence-corrected chi connectivity index (χ4v) is 1.39. The predicted molar refractivity (Wildman–Crippen MR) is 44.5 cm³/mol. The largest absolute Gasteiger partial charge is 0.274 e. The lowest BCUT2D eigenvalue weighted by Gasteiger charge is -2.09. The van der Waals surface area contributed by atoms with E-state index < -0.39 is 5.91 Å². The Balaban J connectivity index is 2.66. The van der Waals surface area contributed by atoms with Gasteiger partial charge < -0.3 is 0 Å². The number of carbonyl (C=O) groups excluding carboxylic acids is 3. The lowest BCUT2D eigenvalue weighted by atomic mass is 10.4. The zero-order valence-electron chi connectivity index (χ0n) is 6.38. The fraction of sp³-hybridized carbons (Fsp3) is 0.571. The molecule has 0 atom stereocenters. The third-order valence-electron chi connectivity index (χ3n) is 1.61. The van der Waals surface area contributed by atoms with E-state index in [4.69, 9.17) is 0 Å². The van der Waals surface area contributed by atoms with Crippen LogP contribution in [0.15, 0.2) is 0 Å². The van der Waals surface area contributed by atoms with Crippen molar-refractivity contribution in [3.8, 4) is 0 Å².